The number of hydrogen-bond acceptors (Lipinski definition) is 1. The first-order valence-electron chi connectivity index (χ1n) is 4.76. The molecule has 0 saturated heterocycles. The van der Waals surface area contributed by atoms with Crippen molar-refractivity contribution < 1.29 is 0 Å². The minimum absolute atomic E-state index is 0.479. The Bertz CT molecular complexity index is 130. The van der Waals surface area contributed by atoms with Crippen LogP contribution in [-0.2, 0) is 0 Å². The van der Waals surface area contributed by atoms with Crippen LogP contribution in [0.3, 0.4) is 0 Å². The Morgan fingerprint density at radius 3 is 2.73 bits per heavy atom. The third-order valence-electron chi connectivity index (χ3n) is 2.29. The molecule has 0 atom stereocenters. The quantitative estimate of drug-likeness (QED) is 0.487. The molecule has 64 valence electrons. The molecular weight excluding hydrogens is 134 g/mol. The van der Waals surface area contributed by atoms with Crippen LogP contribution in [-0.4, -0.2) is 6.04 Å². The third-order valence-corrected chi connectivity index (χ3v) is 2.29. The van der Waals surface area contributed by atoms with Gasteiger partial charge in [-0.2, -0.15) is 0 Å². The highest BCUT2D eigenvalue weighted by Crippen LogP contribution is 2.25. The van der Waals surface area contributed by atoms with Crippen molar-refractivity contribution in [3.63, 3.8) is 0 Å². The van der Waals surface area contributed by atoms with E-state index in [1.807, 2.05) is 0 Å². The topological polar surface area (TPSA) is 26.0 Å². The van der Waals surface area contributed by atoms with Crippen LogP contribution in [0.4, 0.5) is 0 Å². The molecule has 1 saturated carbocycles. The van der Waals surface area contributed by atoms with Gasteiger partial charge in [-0.3, -0.25) is 0 Å². The molecule has 0 heterocycles. The summed E-state index contributed by atoms with van der Waals surface area (Å²) < 4.78 is 0. The molecule has 0 spiro atoms. The van der Waals surface area contributed by atoms with E-state index in [1.54, 1.807) is 5.57 Å². The minimum Gasteiger partial charge on any atom is -0.327 e. The lowest BCUT2D eigenvalue weighted by molar-refractivity contribution is 0.537. The van der Waals surface area contributed by atoms with Crippen molar-refractivity contribution in [2.75, 3.05) is 0 Å². The van der Waals surface area contributed by atoms with Crippen molar-refractivity contribution in [1.82, 2.24) is 0 Å². The monoisotopic (exact) mass is 153 g/mol. The molecule has 1 aliphatic carbocycles. The van der Waals surface area contributed by atoms with Gasteiger partial charge >= 0.3 is 0 Å². The van der Waals surface area contributed by atoms with E-state index < -0.39 is 0 Å². The first-order chi connectivity index (χ1) is 5.33. The molecule has 0 radical (unpaired) electrons. The predicted molar refractivity (Wildman–Crippen MR) is 49.4 cm³/mol. The highest BCUT2D eigenvalue weighted by molar-refractivity contribution is 5.14. The summed E-state index contributed by atoms with van der Waals surface area (Å²) in [7, 11) is 0. The van der Waals surface area contributed by atoms with Crippen LogP contribution >= 0.6 is 0 Å². The van der Waals surface area contributed by atoms with E-state index >= 15 is 0 Å². The summed E-state index contributed by atoms with van der Waals surface area (Å²) in [6, 6.07) is 0.479. The van der Waals surface area contributed by atoms with Gasteiger partial charge in [-0.15, -0.1) is 0 Å². The Morgan fingerprint density at radius 2 is 2.18 bits per heavy atom. The van der Waals surface area contributed by atoms with Crippen molar-refractivity contribution >= 4 is 0 Å². The Morgan fingerprint density at radius 1 is 1.45 bits per heavy atom. The van der Waals surface area contributed by atoms with Crippen molar-refractivity contribution in [3.05, 3.63) is 11.6 Å². The van der Waals surface area contributed by atoms with Gasteiger partial charge < -0.3 is 5.73 Å². The lowest BCUT2D eigenvalue weighted by Crippen LogP contribution is -2.30. The molecule has 1 nitrogen and oxygen atoms in total. The Kier molecular flexibility index (Phi) is 3.64. The first kappa shape index (κ1) is 8.79. The molecule has 1 fully saturated rings. The normalized spacial score (nSPS) is 23.1. The molecular formula is C10H19N. The number of hydrogen-bond donors (Lipinski definition) is 1. The second kappa shape index (κ2) is 4.55. The molecule has 0 aliphatic heterocycles. The molecule has 11 heavy (non-hydrogen) atoms. The average Bonchev–Trinajstić information content (AvgIpc) is 1.94. The third kappa shape index (κ3) is 3.06. The maximum Gasteiger partial charge on any atom is 0.0113 e. The maximum absolute atomic E-state index is 5.66. The Balaban J connectivity index is 1.98. The molecule has 0 unspecified atom stereocenters. The van der Waals surface area contributed by atoms with Gasteiger partial charge in [0.15, 0.2) is 0 Å². The van der Waals surface area contributed by atoms with Crippen LogP contribution in [0.25, 0.3) is 0 Å². The molecule has 0 aromatic rings. The van der Waals surface area contributed by atoms with E-state index in [-0.39, 0.29) is 0 Å². The van der Waals surface area contributed by atoms with Gasteiger partial charge in [-0.25, -0.2) is 0 Å². The van der Waals surface area contributed by atoms with Gasteiger partial charge in [0.2, 0.25) is 0 Å². The summed E-state index contributed by atoms with van der Waals surface area (Å²) >= 11 is 0. The molecule has 0 aromatic heterocycles. The summed E-state index contributed by atoms with van der Waals surface area (Å²) in [5.74, 6) is 0. The van der Waals surface area contributed by atoms with Crippen LogP contribution in [0.1, 0.15) is 45.4 Å². The van der Waals surface area contributed by atoms with E-state index in [4.69, 9.17) is 5.73 Å². The Hall–Kier alpha value is -0.300. The van der Waals surface area contributed by atoms with Gasteiger partial charge in [0, 0.05) is 6.04 Å². The molecule has 0 amide bonds. The lowest BCUT2D eigenvalue weighted by Gasteiger charge is -2.25. The fraction of sp³-hybridized carbons (Fsp3) is 0.800. The number of unbranched alkanes of at least 4 members (excludes halogenated alkanes) is 3. The summed E-state index contributed by atoms with van der Waals surface area (Å²) in [6.45, 7) is 2.24. The molecule has 0 aromatic carbocycles. The fourth-order valence-electron chi connectivity index (χ4n) is 1.48. The van der Waals surface area contributed by atoms with Crippen LogP contribution in [0.15, 0.2) is 11.6 Å². The number of nitrogens with two attached hydrogens (primary N) is 1. The SMILES string of the molecule is CCCCCC=C1CC(N)C1. The lowest BCUT2D eigenvalue weighted by atomic mass is 9.86. The summed E-state index contributed by atoms with van der Waals surface area (Å²) in [5, 5.41) is 0. The highest BCUT2D eigenvalue weighted by atomic mass is 14.7. The summed E-state index contributed by atoms with van der Waals surface area (Å²) in [6.07, 6.45) is 10.0. The van der Waals surface area contributed by atoms with Gasteiger partial charge in [0.1, 0.15) is 0 Å². The zero-order valence-electron chi connectivity index (χ0n) is 7.47. The molecule has 1 aliphatic rings. The van der Waals surface area contributed by atoms with Crippen LogP contribution in [0.2, 0.25) is 0 Å². The number of allylic oxidation sites excluding steroid dienone is 1. The first-order valence-corrected chi connectivity index (χ1v) is 4.76. The molecule has 2 N–H and O–H groups in total. The number of rotatable bonds is 4. The van der Waals surface area contributed by atoms with Crippen LogP contribution in [0.5, 0.6) is 0 Å². The van der Waals surface area contributed by atoms with Gasteiger partial charge in [-0.05, 0) is 25.7 Å². The zero-order chi connectivity index (χ0) is 8.10. The van der Waals surface area contributed by atoms with E-state index in [0.717, 1.165) is 12.8 Å². The van der Waals surface area contributed by atoms with Crippen molar-refractivity contribution in [2.24, 2.45) is 5.73 Å². The second-order valence-corrected chi connectivity index (χ2v) is 3.53. The van der Waals surface area contributed by atoms with E-state index in [0.29, 0.717) is 6.04 Å². The summed E-state index contributed by atoms with van der Waals surface area (Å²) in [4.78, 5) is 0. The van der Waals surface area contributed by atoms with Gasteiger partial charge in [0.25, 0.3) is 0 Å². The fourth-order valence-corrected chi connectivity index (χ4v) is 1.48. The predicted octanol–water partition coefficient (Wildman–Crippen LogP) is 2.61. The van der Waals surface area contributed by atoms with E-state index in [1.165, 1.54) is 25.7 Å². The second-order valence-electron chi connectivity index (χ2n) is 3.53. The van der Waals surface area contributed by atoms with Crippen molar-refractivity contribution in [3.8, 4) is 0 Å². The standard InChI is InChI=1S/C10H19N/c1-2-3-4-5-6-9-7-10(11)8-9/h6,10H,2-5,7-8,11H2,1H3. The summed E-state index contributed by atoms with van der Waals surface area (Å²) in [5.41, 5.74) is 7.25. The van der Waals surface area contributed by atoms with E-state index in [2.05, 4.69) is 13.0 Å². The van der Waals surface area contributed by atoms with Gasteiger partial charge in [-0.1, -0.05) is 31.4 Å². The molecule has 1 rings (SSSR count). The van der Waals surface area contributed by atoms with E-state index in [9.17, 15) is 0 Å². The highest BCUT2D eigenvalue weighted by Gasteiger charge is 2.17. The molecule has 1 heteroatoms. The van der Waals surface area contributed by atoms with Gasteiger partial charge in [0.05, 0.1) is 0 Å². The minimum atomic E-state index is 0.479. The smallest absolute Gasteiger partial charge is 0.0113 e. The van der Waals surface area contributed by atoms with Crippen molar-refractivity contribution in [2.45, 2.75) is 51.5 Å². The largest absolute Gasteiger partial charge is 0.327 e. The average molecular weight is 153 g/mol. The van der Waals surface area contributed by atoms with Crippen LogP contribution < -0.4 is 5.73 Å². The maximum atomic E-state index is 5.66. The molecule has 0 bridgehead atoms. The zero-order valence-corrected chi connectivity index (χ0v) is 7.47. The van der Waals surface area contributed by atoms with Crippen LogP contribution in [0, 0.1) is 0 Å². The Labute approximate surface area is 69.7 Å². The van der Waals surface area contributed by atoms with Crippen molar-refractivity contribution in [1.29, 1.82) is 0 Å².